The second kappa shape index (κ2) is 11.0. The minimum atomic E-state index is -0.427. The van der Waals surface area contributed by atoms with Crippen LogP contribution in [-0.4, -0.2) is 35.6 Å². The van der Waals surface area contributed by atoms with E-state index < -0.39 is 11.9 Å². The molecule has 174 valence electrons. The average Bonchev–Trinajstić information content (AvgIpc) is 3.10. The van der Waals surface area contributed by atoms with Crippen molar-refractivity contribution in [2.24, 2.45) is 4.99 Å². The summed E-state index contributed by atoms with van der Waals surface area (Å²) in [5.74, 6) is -0.754. The van der Waals surface area contributed by atoms with Crippen LogP contribution < -0.4 is 4.80 Å². The lowest BCUT2D eigenvalue weighted by atomic mass is 10.0. The van der Waals surface area contributed by atoms with Crippen LogP contribution in [0.3, 0.4) is 0 Å². The number of aromatic nitrogens is 1. The summed E-state index contributed by atoms with van der Waals surface area (Å²) in [6.07, 6.45) is 0.153. The standard InChI is InChI=1S/C25H28N2O5S/c1-5-31-23(29)15-27-20-12-11-19(24(30)32-6-2)14-21(20)33-25(27)26-22(28)13-17-7-9-18(10-8-17)16(3)4/h7-12,14,16H,5-6,13,15H2,1-4H3. The van der Waals surface area contributed by atoms with Crippen molar-refractivity contribution in [3.8, 4) is 0 Å². The largest absolute Gasteiger partial charge is 0.465 e. The normalized spacial score (nSPS) is 11.7. The first-order valence-corrected chi connectivity index (χ1v) is 11.8. The van der Waals surface area contributed by atoms with Gasteiger partial charge in [0, 0.05) is 0 Å². The van der Waals surface area contributed by atoms with Gasteiger partial charge in [0.15, 0.2) is 4.80 Å². The van der Waals surface area contributed by atoms with E-state index in [0.717, 1.165) is 10.3 Å². The van der Waals surface area contributed by atoms with Crippen LogP contribution in [-0.2, 0) is 32.0 Å². The van der Waals surface area contributed by atoms with Crippen LogP contribution in [0.4, 0.5) is 0 Å². The Hall–Kier alpha value is -3.26. The van der Waals surface area contributed by atoms with Crippen molar-refractivity contribution in [3.63, 3.8) is 0 Å². The fourth-order valence-corrected chi connectivity index (χ4v) is 4.42. The Morgan fingerprint density at radius 1 is 1.00 bits per heavy atom. The molecule has 0 aliphatic heterocycles. The molecule has 2 aromatic carbocycles. The number of benzene rings is 2. The molecule has 3 rings (SSSR count). The van der Waals surface area contributed by atoms with Crippen LogP contribution in [0.1, 0.15) is 55.1 Å². The van der Waals surface area contributed by atoms with Gasteiger partial charge in [0.25, 0.3) is 5.91 Å². The molecular weight excluding hydrogens is 440 g/mol. The third kappa shape index (κ3) is 6.16. The molecule has 0 fully saturated rings. The lowest BCUT2D eigenvalue weighted by Crippen LogP contribution is -2.23. The highest BCUT2D eigenvalue weighted by molar-refractivity contribution is 7.16. The lowest BCUT2D eigenvalue weighted by molar-refractivity contribution is -0.143. The van der Waals surface area contributed by atoms with Crippen LogP contribution >= 0.6 is 11.3 Å². The van der Waals surface area contributed by atoms with Crippen molar-refractivity contribution in [1.82, 2.24) is 4.57 Å². The first-order valence-electron chi connectivity index (χ1n) is 10.9. The summed E-state index contributed by atoms with van der Waals surface area (Å²) in [5, 5.41) is 0. The molecule has 0 bridgehead atoms. The summed E-state index contributed by atoms with van der Waals surface area (Å²) in [6.45, 7) is 8.16. The predicted molar refractivity (Wildman–Crippen MR) is 127 cm³/mol. The Kier molecular flexibility index (Phi) is 8.16. The minimum Gasteiger partial charge on any atom is -0.465 e. The van der Waals surface area contributed by atoms with Crippen LogP contribution in [0.25, 0.3) is 10.2 Å². The number of rotatable bonds is 8. The Labute approximate surface area is 196 Å². The summed E-state index contributed by atoms with van der Waals surface area (Å²) < 4.78 is 12.5. The Bertz CT molecular complexity index is 1220. The molecule has 8 heteroatoms. The number of thiazole rings is 1. The molecule has 0 unspecified atom stereocenters. The molecule has 0 N–H and O–H groups in total. The Morgan fingerprint density at radius 2 is 1.70 bits per heavy atom. The fourth-order valence-electron chi connectivity index (χ4n) is 3.33. The van der Waals surface area contributed by atoms with Crippen LogP contribution in [0.5, 0.6) is 0 Å². The summed E-state index contributed by atoms with van der Waals surface area (Å²) >= 11 is 1.24. The van der Waals surface area contributed by atoms with Gasteiger partial charge >= 0.3 is 11.9 Å². The number of esters is 2. The summed E-state index contributed by atoms with van der Waals surface area (Å²) in [7, 11) is 0. The summed E-state index contributed by atoms with van der Waals surface area (Å²) in [5.41, 5.74) is 3.17. The maximum absolute atomic E-state index is 12.7. The summed E-state index contributed by atoms with van der Waals surface area (Å²) in [6, 6.07) is 13.0. The number of carbonyl (C=O) groups excluding carboxylic acids is 3. The zero-order chi connectivity index (χ0) is 24.0. The maximum atomic E-state index is 12.7. The van der Waals surface area contributed by atoms with Gasteiger partial charge in [-0.1, -0.05) is 49.4 Å². The van der Waals surface area contributed by atoms with E-state index in [1.54, 1.807) is 36.6 Å². The molecule has 0 saturated carbocycles. The number of nitrogens with zero attached hydrogens (tertiary/aromatic N) is 2. The molecule has 1 heterocycles. The molecule has 0 atom stereocenters. The molecule has 1 amide bonds. The highest BCUT2D eigenvalue weighted by atomic mass is 32.1. The SMILES string of the molecule is CCOC(=O)Cn1c(=NC(=O)Cc2ccc(C(C)C)cc2)sc2cc(C(=O)OCC)ccc21. The van der Waals surface area contributed by atoms with Crippen molar-refractivity contribution in [2.45, 2.75) is 46.6 Å². The smallest absolute Gasteiger partial charge is 0.338 e. The maximum Gasteiger partial charge on any atom is 0.338 e. The first kappa shape index (κ1) is 24.4. The van der Waals surface area contributed by atoms with Gasteiger partial charge in [-0.25, -0.2) is 4.79 Å². The van der Waals surface area contributed by atoms with E-state index in [0.29, 0.717) is 21.8 Å². The van der Waals surface area contributed by atoms with E-state index in [-0.39, 0.29) is 32.1 Å². The van der Waals surface area contributed by atoms with Crippen molar-refractivity contribution in [3.05, 3.63) is 64.0 Å². The highest BCUT2D eigenvalue weighted by Gasteiger charge is 2.15. The van der Waals surface area contributed by atoms with E-state index in [4.69, 9.17) is 9.47 Å². The molecule has 7 nitrogen and oxygen atoms in total. The number of amides is 1. The van der Waals surface area contributed by atoms with Crippen LogP contribution in [0.2, 0.25) is 0 Å². The molecule has 0 radical (unpaired) electrons. The lowest BCUT2D eigenvalue weighted by Gasteiger charge is -2.06. The Morgan fingerprint density at radius 3 is 2.33 bits per heavy atom. The number of carbonyl (C=O) groups is 3. The number of hydrogen-bond donors (Lipinski definition) is 0. The molecule has 0 saturated heterocycles. The quantitative estimate of drug-likeness (QED) is 0.462. The van der Waals surface area contributed by atoms with E-state index in [1.165, 1.54) is 16.9 Å². The highest BCUT2D eigenvalue weighted by Crippen LogP contribution is 2.20. The zero-order valence-corrected chi connectivity index (χ0v) is 20.1. The third-order valence-electron chi connectivity index (χ3n) is 5.01. The monoisotopic (exact) mass is 468 g/mol. The van der Waals surface area contributed by atoms with Gasteiger partial charge in [-0.2, -0.15) is 4.99 Å². The van der Waals surface area contributed by atoms with Gasteiger partial charge in [0.05, 0.1) is 35.4 Å². The minimum absolute atomic E-state index is 0.0816. The molecule has 0 spiro atoms. The first-order chi connectivity index (χ1) is 15.8. The second-order valence-electron chi connectivity index (χ2n) is 7.76. The topological polar surface area (TPSA) is 87.0 Å². The predicted octanol–water partition coefficient (Wildman–Crippen LogP) is 4.24. The number of hydrogen-bond acceptors (Lipinski definition) is 6. The number of ether oxygens (including phenoxy) is 2. The van der Waals surface area contributed by atoms with Gasteiger partial charge < -0.3 is 14.0 Å². The van der Waals surface area contributed by atoms with Gasteiger partial charge in [-0.3, -0.25) is 9.59 Å². The van der Waals surface area contributed by atoms with Crippen molar-refractivity contribution < 1.29 is 23.9 Å². The van der Waals surface area contributed by atoms with Crippen LogP contribution in [0.15, 0.2) is 47.5 Å². The van der Waals surface area contributed by atoms with E-state index >= 15 is 0 Å². The Balaban J connectivity index is 1.97. The summed E-state index contributed by atoms with van der Waals surface area (Å²) in [4.78, 5) is 41.7. The molecule has 33 heavy (non-hydrogen) atoms. The third-order valence-corrected chi connectivity index (χ3v) is 6.05. The molecule has 3 aromatic rings. The fraction of sp³-hybridized carbons (Fsp3) is 0.360. The molecule has 1 aromatic heterocycles. The van der Waals surface area contributed by atoms with Crippen LogP contribution in [0, 0.1) is 0 Å². The molecule has 0 aliphatic carbocycles. The van der Waals surface area contributed by atoms with Crippen molar-refractivity contribution in [1.29, 1.82) is 0 Å². The van der Waals surface area contributed by atoms with E-state index in [9.17, 15) is 14.4 Å². The molecule has 0 aliphatic rings. The van der Waals surface area contributed by atoms with Gasteiger partial charge in [0.2, 0.25) is 0 Å². The van der Waals surface area contributed by atoms with Gasteiger partial charge in [-0.05, 0) is 49.1 Å². The van der Waals surface area contributed by atoms with E-state index in [1.807, 2.05) is 24.3 Å². The van der Waals surface area contributed by atoms with Crippen molar-refractivity contribution in [2.75, 3.05) is 13.2 Å². The van der Waals surface area contributed by atoms with Crippen molar-refractivity contribution >= 4 is 39.4 Å². The van der Waals surface area contributed by atoms with Gasteiger partial charge in [0.1, 0.15) is 6.54 Å². The molecular formula is C25H28N2O5S. The average molecular weight is 469 g/mol. The number of fused-ring (bicyclic) bond motifs is 1. The van der Waals surface area contributed by atoms with E-state index in [2.05, 4.69) is 18.8 Å². The van der Waals surface area contributed by atoms with Gasteiger partial charge in [-0.15, -0.1) is 0 Å². The zero-order valence-electron chi connectivity index (χ0n) is 19.3. The second-order valence-corrected chi connectivity index (χ2v) is 8.77.